The maximum Gasteiger partial charge on any atom is 0.254 e. The van der Waals surface area contributed by atoms with Gasteiger partial charge in [0, 0.05) is 56.4 Å². The Morgan fingerprint density at radius 1 is 0.848 bits per heavy atom. The summed E-state index contributed by atoms with van der Waals surface area (Å²) in [4.78, 5) is 20.4. The summed E-state index contributed by atoms with van der Waals surface area (Å²) in [5, 5.41) is 0.905. The van der Waals surface area contributed by atoms with E-state index in [-0.39, 0.29) is 5.91 Å². The number of hydrogen-bond donors (Lipinski definition) is 0. The summed E-state index contributed by atoms with van der Waals surface area (Å²) in [5.41, 5.74) is 5.88. The molecule has 0 atom stereocenters. The van der Waals surface area contributed by atoms with Crippen molar-refractivity contribution in [2.24, 2.45) is 0 Å². The third-order valence-corrected chi connectivity index (χ3v) is 8.03. The average Bonchev–Trinajstić information content (AvgIpc) is 3.53. The van der Waals surface area contributed by atoms with Crippen LogP contribution in [0.15, 0.2) is 53.1 Å². The van der Waals surface area contributed by atoms with Crippen LogP contribution >= 0.6 is 0 Å². The number of hydrogen-bond acceptors (Lipinski definition) is 4. The van der Waals surface area contributed by atoms with Crippen LogP contribution in [0, 0.1) is 0 Å². The van der Waals surface area contributed by atoms with Crippen LogP contribution in [0.3, 0.4) is 0 Å². The zero-order valence-electron chi connectivity index (χ0n) is 19.3. The molecule has 1 aromatic heterocycles. The van der Waals surface area contributed by atoms with E-state index in [0.29, 0.717) is 0 Å². The third-order valence-electron chi connectivity index (χ3n) is 8.03. The van der Waals surface area contributed by atoms with E-state index in [1.165, 1.54) is 62.0 Å². The van der Waals surface area contributed by atoms with Crippen molar-refractivity contribution >= 4 is 22.6 Å². The fourth-order valence-corrected chi connectivity index (χ4v) is 6.08. The van der Waals surface area contributed by atoms with Crippen molar-refractivity contribution < 1.29 is 9.21 Å². The standard InChI is InChI=1S/C28H33N3O2/c32-28(26-6-3-7-27-25(26)12-19-33-27)31-17-15-30(16-18-31)24-9-8-21-10-13-29(14-11-22(21)20-24)23-4-1-2-5-23/h3,6-9,12,19-20,23H,1-2,4-5,10-11,13-18H2. The molecule has 3 aliphatic rings. The van der Waals surface area contributed by atoms with E-state index < -0.39 is 0 Å². The molecule has 2 fully saturated rings. The van der Waals surface area contributed by atoms with Gasteiger partial charge in [-0.25, -0.2) is 0 Å². The lowest BCUT2D eigenvalue weighted by Crippen LogP contribution is -2.48. The second kappa shape index (κ2) is 8.86. The minimum absolute atomic E-state index is 0.107. The van der Waals surface area contributed by atoms with E-state index in [9.17, 15) is 4.79 Å². The van der Waals surface area contributed by atoms with Crippen molar-refractivity contribution in [1.29, 1.82) is 0 Å². The molecule has 1 aliphatic carbocycles. The van der Waals surface area contributed by atoms with Gasteiger partial charge in [-0.05, 0) is 67.1 Å². The minimum atomic E-state index is 0.107. The molecule has 0 bridgehead atoms. The molecule has 3 aromatic rings. The highest BCUT2D eigenvalue weighted by Gasteiger charge is 2.26. The van der Waals surface area contributed by atoms with Crippen LogP contribution in [-0.4, -0.2) is 61.0 Å². The molecule has 5 heteroatoms. The molecule has 3 heterocycles. The van der Waals surface area contributed by atoms with Gasteiger partial charge in [0.15, 0.2) is 0 Å². The lowest BCUT2D eigenvalue weighted by molar-refractivity contribution is 0.0748. The molecule has 1 amide bonds. The van der Waals surface area contributed by atoms with Crippen LogP contribution in [0.25, 0.3) is 11.0 Å². The molecule has 1 saturated heterocycles. The zero-order chi connectivity index (χ0) is 22.2. The first-order valence-electron chi connectivity index (χ1n) is 12.6. The number of benzene rings is 2. The molecule has 0 unspecified atom stereocenters. The van der Waals surface area contributed by atoms with Crippen LogP contribution in [0.2, 0.25) is 0 Å². The van der Waals surface area contributed by atoms with Gasteiger partial charge in [0.1, 0.15) is 5.58 Å². The fourth-order valence-electron chi connectivity index (χ4n) is 6.08. The first-order chi connectivity index (χ1) is 16.3. The van der Waals surface area contributed by atoms with E-state index in [2.05, 4.69) is 28.0 Å². The molecule has 33 heavy (non-hydrogen) atoms. The van der Waals surface area contributed by atoms with Gasteiger partial charge in [0.25, 0.3) is 5.91 Å². The molecule has 5 nitrogen and oxygen atoms in total. The summed E-state index contributed by atoms with van der Waals surface area (Å²) >= 11 is 0. The van der Waals surface area contributed by atoms with Crippen LogP contribution < -0.4 is 4.90 Å². The van der Waals surface area contributed by atoms with E-state index in [1.807, 2.05) is 29.2 Å². The highest BCUT2D eigenvalue weighted by Crippen LogP contribution is 2.29. The number of piperazine rings is 1. The number of amides is 1. The number of carbonyl (C=O) groups is 1. The summed E-state index contributed by atoms with van der Waals surface area (Å²) in [6.07, 6.45) is 9.58. The van der Waals surface area contributed by atoms with E-state index in [1.54, 1.807) is 6.26 Å². The monoisotopic (exact) mass is 443 g/mol. The second-order valence-electron chi connectivity index (χ2n) is 9.84. The van der Waals surface area contributed by atoms with E-state index >= 15 is 0 Å². The molecule has 2 aromatic carbocycles. The zero-order valence-corrected chi connectivity index (χ0v) is 19.3. The lowest BCUT2D eigenvalue weighted by atomic mass is 10.0. The number of nitrogens with zero attached hydrogens (tertiary/aromatic N) is 3. The fraction of sp³-hybridized carbons (Fsp3) is 0.464. The van der Waals surface area contributed by atoms with Gasteiger partial charge in [-0.2, -0.15) is 0 Å². The Bertz CT molecular complexity index is 1140. The van der Waals surface area contributed by atoms with E-state index in [0.717, 1.165) is 55.2 Å². The minimum Gasteiger partial charge on any atom is -0.464 e. The molecular weight excluding hydrogens is 410 g/mol. The van der Waals surface area contributed by atoms with Crippen molar-refractivity contribution in [1.82, 2.24) is 9.80 Å². The Hall–Kier alpha value is -2.79. The first kappa shape index (κ1) is 20.8. The average molecular weight is 444 g/mol. The predicted molar refractivity (Wildman–Crippen MR) is 132 cm³/mol. The van der Waals surface area contributed by atoms with Gasteiger partial charge >= 0.3 is 0 Å². The molecule has 2 aliphatic heterocycles. The summed E-state index contributed by atoms with van der Waals surface area (Å²) in [6.45, 7) is 5.66. The smallest absolute Gasteiger partial charge is 0.254 e. The molecule has 1 saturated carbocycles. The van der Waals surface area contributed by atoms with Gasteiger partial charge in [-0.1, -0.05) is 25.0 Å². The SMILES string of the molecule is O=C(c1cccc2occc12)N1CCN(c2ccc3c(c2)CCN(C2CCCC2)CC3)CC1. The molecule has 0 spiro atoms. The summed E-state index contributed by atoms with van der Waals surface area (Å²) < 4.78 is 5.48. The summed E-state index contributed by atoms with van der Waals surface area (Å²) in [7, 11) is 0. The maximum absolute atomic E-state index is 13.2. The molecular formula is C28H33N3O2. The second-order valence-corrected chi connectivity index (χ2v) is 9.84. The van der Waals surface area contributed by atoms with Crippen LogP contribution in [-0.2, 0) is 12.8 Å². The van der Waals surface area contributed by atoms with Crippen molar-refractivity contribution in [2.45, 2.75) is 44.6 Å². The Labute approximate surface area is 195 Å². The van der Waals surface area contributed by atoms with E-state index in [4.69, 9.17) is 4.42 Å². The quantitative estimate of drug-likeness (QED) is 0.586. The molecule has 6 rings (SSSR count). The third kappa shape index (κ3) is 4.04. The Balaban J connectivity index is 1.11. The summed E-state index contributed by atoms with van der Waals surface area (Å²) in [6, 6.07) is 15.5. The van der Waals surface area contributed by atoms with Crippen molar-refractivity contribution in [2.75, 3.05) is 44.2 Å². The normalized spacial score (nSPS) is 20.2. The van der Waals surface area contributed by atoms with Crippen molar-refractivity contribution in [3.05, 3.63) is 65.4 Å². The molecule has 0 N–H and O–H groups in total. The van der Waals surface area contributed by atoms with Crippen LogP contribution in [0.1, 0.15) is 47.2 Å². The van der Waals surface area contributed by atoms with Gasteiger partial charge in [-0.15, -0.1) is 0 Å². The van der Waals surface area contributed by atoms with Gasteiger partial charge in [0.05, 0.1) is 11.8 Å². The topological polar surface area (TPSA) is 39.9 Å². The lowest BCUT2D eigenvalue weighted by Gasteiger charge is -2.36. The van der Waals surface area contributed by atoms with Gasteiger partial charge < -0.3 is 14.2 Å². The maximum atomic E-state index is 13.2. The Morgan fingerprint density at radius 3 is 2.45 bits per heavy atom. The first-order valence-corrected chi connectivity index (χ1v) is 12.6. The van der Waals surface area contributed by atoms with Crippen LogP contribution in [0.4, 0.5) is 5.69 Å². The highest BCUT2D eigenvalue weighted by atomic mass is 16.3. The number of anilines is 1. The Morgan fingerprint density at radius 2 is 1.64 bits per heavy atom. The highest BCUT2D eigenvalue weighted by molar-refractivity contribution is 6.06. The number of fused-ring (bicyclic) bond motifs is 2. The van der Waals surface area contributed by atoms with Crippen LogP contribution in [0.5, 0.6) is 0 Å². The predicted octanol–water partition coefficient (Wildman–Crippen LogP) is 4.74. The summed E-state index contributed by atoms with van der Waals surface area (Å²) in [5.74, 6) is 0.107. The molecule has 0 radical (unpaired) electrons. The van der Waals surface area contributed by atoms with Gasteiger partial charge in [0.2, 0.25) is 0 Å². The van der Waals surface area contributed by atoms with Crippen molar-refractivity contribution in [3.8, 4) is 0 Å². The number of furan rings is 1. The Kier molecular flexibility index (Phi) is 5.58. The number of carbonyl (C=O) groups excluding carboxylic acids is 1. The van der Waals surface area contributed by atoms with Gasteiger partial charge in [-0.3, -0.25) is 9.69 Å². The number of rotatable bonds is 3. The van der Waals surface area contributed by atoms with Crippen molar-refractivity contribution in [3.63, 3.8) is 0 Å². The molecule has 172 valence electrons. The largest absolute Gasteiger partial charge is 0.464 e.